The normalized spacial score (nSPS) is 10.5. The first-order chi connectivity index (χ1) is 5.77. The summed E-state index contributed by atoms with van der Waals surface area (Å²) in [5.41, 5.74) is 5.38. The molecule has 60 valence electrons. The standard InChI is InChI=1S/C12H12/c1-9-6-7-11-4-3-5-12(11)10(2)8-9/h3-8H,1-2H3. The van der Waals surface area contributed by atoms with Crippen molar-refractivity contribution in [1.29, 1.82) is 0 Å². The van der Waals surface area contributed by atoms with Gasteiger partial charge in [-0.2, -0.15) is 0 Å². The van der Waals surface area contributed by atoms with E-state index >= 15 is 0 Å². The molecule has 0 atom stereocenters. The molecule has 0 heteroatoms. The number of rotatable bonds is 0. The van der Waals surface area contributed by atoms with Crippen molar-refractivity contribution in [2.45, 2.75) is 13.8 Å². The summed E-state index contributed by atoms with van der Waals surface area (Å²) in [6.07, 6.45) is 0. The van der Waals surface area contributed by atoms with Crippen molar-refractivity contribution in [1.82, 2.24) is 0 Å². The molecule has 0 amide bonds. The third kappa shape index (κ3) is 1.10. The Morgan fingerprint density at radius 2 is 1.75 bits per heavy atom. The maximum Gasteiger partial charge on any atom is -0.0155 e. The van der Waals surface area contributed by atoms with E-state index in [4.69, 9.17) is 0 Å². The summed E-state index contributed by atoms with van der Waals surface area (Å²) in [6, 6.07) is 13.0. The van der Waals surface area contributed by atoms with Crippen LogP contribution in [0.15, 0.2) is 36.4 Å². The van der Waals surface area contributed by atoms with Gasteiger partial charge in [-0.1, -0.05) is 42.0 Å². The van der Waals surface area contributed by atoms with Crippen LogP contribution in [0.5, 0.6) is 0 Å². The highest BCUT2D eigenvalue weighted by atomic mass is 14.1. The summed E-state index contributed by atoms with van der Waals surface area (Å²) in [7, 11) is 0. The van der Waals surface area contributed by atoms with Crippen LogP contribution in [0, 0.1) is 13.8 Å². The first-order valence-corrected chi connectivity index (χ1v) is 4.23. The first kappa shape index (κ1) is 7.35. The van der Waals surface area contributed by atoms with Crippen molar-refractivity contribution in [3.8, 4) is 11.1 Å². The van der Waals surface area contributed by atoms with Gasteiger partial charge in [-0.3, -0.25) is 0 Å². The van der Waals surface area contributed by atoms with E-state index in [9.17, 15) is 0 Å². The highest BCUT2D eigenvalue weighted by Crippen LogP contribution is 2.25. The molecule has 0 N–H and O–H groups in total. The molecule has 0 spiro atoms. The summed E-state index contributed by atoms with van der Waals surface area (Å²) < 4.78 is 0. The maximum atomic E-state index is 2.22. The minimum atomic E-state index is 1.32. The maximum absolute atomic E-state index is 2.22. The molecule has 12 heavy (non-hydrogen) atoms. The summed E-state index contributed by atoms with van der Waals surface area (Å²) in [4.78, 5) is 0. The van der Waals surface area contributed by atoms with Gasteiger partial charge in [0.1, 0.15) is 0 Å². The number of aryl methyl sites for hydroxylation is 2. The second kappa shape index (κ2) is 2.63. The molecule has 0 saturated carbocycles. The van der Waals surface area contributed by atoms with Crippen LogP contribution < -0.4 is 0 Å². The van der Waals surface area contributed by atoms with Crippen LogP contribution in [0.1, 0.15) is 11.1 Å². The van der Waals surface area contributed by atoms with Gasteiger partial charge >= 0.3 is 0 Å². The molecule has 0 aromatic heterocycles. The fourth-order valence-corrected chi connectivity index (χ4v) is 1.63. The largest absolute Gasteiger partial charge is 0.0610 e. The van der Waals surface area contributed by atoms with E-state index in [1.54, 1.807) is 0 Å². The highest BCUT2D eigenvalue weighted by Gasteiger charge is 2.01. The van der Waals surface area contributed by atoms with Crippen LogP contribution in [-0.4, -0.2) is 0 Å². The minimum absolute atomic E-state index is 1.32. The molecule has 0 aliphatic heterocycles. The zero-order chi connectivity index (χ0) is 8.55. The summed E-state index contributed by atoms with van der Waals surface area (Å²) >= 11 is 0. The molecule has 0 heterocycles. The summed E-state index contributed by atoms with van der Waals surface area (Å²) in [6.45, 7) is 4.29. The van der Waals surface area contributed by atoms with Crippen molar-refractivity contribution in [2.75, 3.05) is 0 Å². The van der Waals surface area contributed by atoms with Crippen LogP contribution >= 0.6 is 0 Å². The topological polar surface area (TPSA) is 0 Å². The van der Waals surface area contributed by atoms with E-state index in [0.29, 0.717) is 0 Å². The number of hydrogen-bond donors (Lipinski definition) is 0. The molecule has 0 radical (unpaired) electrons. The third-order valence-corrected chi connectivity index (χ3v) is 2.24. The number of fused-ring (bicyclic) bond motifs is 1. The molecule has 0 aromatic carbocycles. The average Bonchev–Trinajstić information content (AvgIpc) is 2.43. The Morgan fingerprint density at radius 1 is 0.917 bits per heavy atom. The summed E-state index contributed by atoms with van der Waals surface area (Å²) in [5, 5.41) is 0. The predicted molar refractivity (Wildman–Crippen MR) is 52.5 cm³/mol. The first-order valence-electron chi connectivity index (χ1n) is 4.23. The third-order valence-electron chi connectivity index (χ3n) is 2.24. The molecular formula is C12H12. The molecule has 2 aliphatic rings. The lowest BCUT2D eigenvalue weighted by Crippen LogP contribution is -1.71. The monoisotopic (exact) mass is 156 g/mol. The Balaban J connectivity index is 2.78. The SMILES string of the molecule is Cc1ccc2cccc-2c(C)c1. The van der Waals surface area contributed by atoms with Gasteiger partial charge in [0.05, 0.1) is 0 Å². The average molecular weight is 156 g/mol. The van der Waals surface area contributed by atoms with E-state index in [-0.39, 0.29) is 0 Å². The summed E-state index contributed by atoms with van der Waals surface area (Å²) in [5.74, 6) is 0. The van der Waals surface area contributed by atoms with Crippen molar-refractivity contribution in [3.63, 3.8) is 0 Å². The quantitative estimate of drug-likeness (QED) is 0.548. The number of hydrogen-bond acceptors (Lipinski definition) is 0. The zero-order valence-electron chi connectivity index (χ0n) is 7.46. The molecule has 2 aliphatic carbocycles. The van der Waals surface area contributed by atoms with Crippen LogP contribution in [0.2, 0.25) is 0 Å². The molecule has 0 fully saturated rings. The van der Waals surface area contributed by atoms with E-state index in [1.165, 1.54) is 22.3 Å². The Labute approximate surface area is 73.2 Å². The van der Waals surface area contributed by atoms with Crippen LogP contribution in [0.4, 0.5) is 0 Å². The van der Waals surface area contributed by atoms with Gasteiger partial charge in [0, 0.05) is 0 Å². The lowest BCUT2D eigenvalue weighted by atomic mass is 10.1. The van der Waals surface area contributed by atoms with Crippen LogP contribution in [-0.2, 0) is 0 Å². The van der Waals surface area contributed by atoms with Crippen molar-refractivity contribution >= 4 is 0 Å². The molecule has 0 bridgehead atoms. The van der Waals surface area contributed by atoms with E-state index in [2.05, 4.69) is 50.2 Å². The lowest BCUT2D eigenvalue weighted by molar-refractivity contribution is 1.44. The Kier molecular flexibility index (Phi) is 1.61. The van der Waals surface area contributed by atoms with Gasteiger partial charge in [-0.15, -0.1) is 0 Å². The smallest absolute Gasteiger partial charge is 0.0155 e. The minimum Gasteiger partial charge on any atom is -0.0610 e. The zero-order valence-corrected chi connectivity index (χ0v) is 7.46. The second-order valence-electron chi connectivity index (χ2n) is 3.30. The van der Waals surface area contributed by atoms with Crippen molar-refractivity contribution in [3.05, 3.63) is 47.5 Å². The van der Waals surface area contributed by atoms with Gasteiger partial charge in [-0.25, -0.2) is 0 Å². The van der Waals surface area contributed by atoms with Crippen LogP contribution in [0.3, 0.4) is 0 Å². The van der Waals surface area contributed by atoms with Gasteiger partial charge in [0.25, 0.3) is 0 Å². The van der Waals surface area contributed by atoms with Gasteiger partial charge in [0.2, 0.25) is 0 Å². The molecule has 2 rings (SSSR count). The van der Waals surface area contributed by atoms with Gasteiger partial charge in [0.15, 0.2) is 0 Å². The highest BCUT2D eigenvalue weighted by molar-refractivity contribution is 5.69. The predicted octanol–water partition coefficient (Wildman–Crippen LogP) is 3.41. The van der Waals surface area contributed by atoms with Crippen molar-refractivity contribution < 1.29 is 0 Å². The van der Waals surface area contributed by atoms with E-state index in [0.717, 1.165) is 0 Å². The molecule has 0 unspecified atom stereocenters. The second-order valence-corrected chi connectivity index (χ2v) is 3.30. The van der Waals surface area contributed by atoms with Gasteiger partial charge < -0.3 is 0 Å². The lowest BCUT2D eigenvalue weighted by Gasteiger charge is -1.94. The molecule has 0 saturated heterocycles. The Morgan fingerprint density at radius 3 is 2.58 bits per heavy atom. The fraction of sp³-hybridized carbons (Fsp3) is 0.167. The Bertz CT molecular complexity index is 374. The Hall–Kier alpha value is -1.30. The van der Waals surface area contributed by atoms with Crippen LogP contribution in [0.25, 0.3) is 11.1 Å². The van der Waals surface area contributed by atoms with Crippen molar-refractivity contribution in [2.24, 2.45) is 0 Å². The van der Waals surface area contributed by atoms with E-state index in [1.807, 2.05) is 0 Å². The fourth-order valence-electron chi connectivity index (χ4n) is 1.63. The van der Waals surface area contributed by atoms with E-state index < -0.39 is 0 Å². The molecular weight excluding hydrogens is 144 g/mol. The molecule has 0 aromatic rings. The van der Waals surface area contributed by atoms with Gasteiger partial charge in [-0.05, 0) is 30.5 Å². The molecule has 0 nitrogen and oxygen atoms in total.